The Labute approximate surface area is 128 Å². The fourth-order valence-corrected chi connectivity index (χ4v) is 3.10. The summed E-state index contributed by atoms with van der Waals surface area (Å²) >= 11 is 0. The Kier molecular flexibility index (Phi) is 5.95. The lowest BCUT2D eigenvalue weighted by molar-refractivity contribution is 0.0347. The van der Waals surface area contributed by atoms with E-state index in [1.54, 1.807) is 0 Å². The van der Waals surface area contributed by atoms with Gasteiger partial charge in [0, 0.05) is 36.8 Å². The van der Waals surface area contributed by atoms with Crippen molar-refractivity contribution in [2.75, 3.05) is 26.2 Å². The molecule has 0 aliphatic carbocycles. The predicted molar refractivity (Wildman–Crippen MR) is 87.2 cm³/mol. The number of hydrogen-bond acceptors (Lipinski definition) is 3. The van der Waals surface area contributed by atoms with E-state index in [1.807, 2.05) is 18.3 Å². The van der Waals surface area contributed by atoms with Gasteiger partial charge in [0.15, 0.2) is 0 Å². The maximum Gasteiger partial charge on any atom is 0.0502 e. The Morgan fingerprint density at radius 2 is 2.29 bits per heavy atom. The van der Waals surface area contributed by atoms with Crippen LogP contribution in [0.4, 0.5) is 0 Å². The van der Waals surface area contributed by atoms with E-state index in [2.05, 4.69) is 35.9 Å². The van der Waals surface area contributed by atoms with Crippen molar-refractivity contribution in [1.82, 2.24) is 9.88 Å². The first-order valence-corrected chi connectivity index (χ1v) is 8.00. The minimum atomic E-state index is 0.0552. The van der Waals surface area contributed by atoms with E-state index in [0.29, 0.717) is 0 Å². The Bertz CT molecular complexity index is 454. The van der Waals surface area contributed by atoms with Crippen molar-refractivity contribution in [1.29, 1.82) is 0 Å². The highest BCUT2D eigenvalue weighted by molar-refractivity contribution is 5.04. The van der Waals surface area contributed by atoms with Crippen LogP contribution in [0.1, 0.15) is 38.8 Å². The van der Waals surface area contributed by atoms with E-state index in [0.717, 1.165) is 44.6 Å². The molecule has 0 aromatic carbocycles. The Balaban J connectivity index is 1.91. The molecular formula is C18H28N2O. The molecule has 1 aliphatic rings. The Hall–Kier alpha value is -1.19. The summed E-state index contributed by atoms with van der Waals surface area (Å²) in [5, 5.41) is 9.89. The van der Waals surface area contributed by atoms with Crippen LogP contribution in [0, 0.1) is 5.41 Å². The van der Waals surface area contributed by atoms with Crippen molar-refractivity contribution < 1.29 is 5.11 Å². The average molecular weight is 288 g/mol. The van der Waals surface area contributed by atoms with Crippen molar-refractivity contribution in [2.24, 2.45) is 5.41 Å². The largest absolute Gasteiger partial charge is 0.396 e. The number of piperidine rings is 1. The van der Waals surface area contributed by atoms with Crippen molar-refractivity contribution in [2.45, 2.75) is 39.5 Å². The fraction of sp³-hybridized carbons (Fsp3) is 0.611. The Morgan fingerprint density at radius 1 is 1.43 bits per heavy atom. The van der Waals surface area contributed by atoms with E-state index < -0.39 is 0 Å². The summed E-state index contributed by atoms with van der Waals surface area (Å²) in [5.74, 6) is 0. The number of aromatic nitrogens is 1. The molecule has 1 aliphatic heterocycles. The summed E-state index contributed by atoms with van der Waals surface area (Å²) < 4.78 is 0. The van der Waals surface area contributed by atoms with Crippen LogP contribution in [-0.2, 0) is 6.42 Å². The normalized spacial score (nSPS) is 23.0. The second kappa shape index (κ2) is 7.71. The highest BCUT2D eigenvalue weighted by Crippen LogP contribution is 2.33. The van der Waals surface area contributed by atoms with E-state index >= 15 is 0 Å². The molecule has 1 aromatic rings. The van der Waals surface area contributed by atoms with Crippen LogP contribution in [-0.4, -0.2) is 41.2 Å². The number of allylic oxidation sites excluding steroid dienone is 2. The van der Waals surface area contributed by atoms with Crippen LogP contribution in [0.25, 0.3) is 0 Å². The molecular weight excluding hydrogens is 260 g/mol. The molecule has 1 N–H and O–H groups in total. The van der Waals surface area contributed by atoms with Crippen molar-refractivity contribution >= 4 is 0 Å². The molecule has 0 saturated carbocycles. The van der Waals surface area contributed by atoms with E-state index in [9.17, 15) is 5.11 Å². The highest BCUT2D eigenvalue weighted by atomic mass is 16.3. The second-order valence-electron chi connectivity index (χ2n) is 6.59. The molecule has 3 heteroatoms. The summed E-state index contributed by atoms with van der Waals surface area (Å²) in [6.07, 6.45) is 8.43. The van der Waals surface area contributed by atoms with Gasteiger partial charge in [0.25, 0.3) is 0 Å². The molecule has 2 heterocycles. The zero-order chi connectivity index (χ0) is 15.1. The Morgan fingerprint density at radius 3 is 2.95 bits per heavy atom. The molecule has 0 unspecified atom stereocenters. The number of nitrogens with zero attached hydrogens (tertiary/aromatic N) is 2. The lowest BCUT2D eigenvalue weighted by Gasteiger charge is -2.41. The topological polar surface area (TPSA) is 36.4 Å². The molecule has 21 heavy (non-hydrogen) atoms. The number of aliphatic hydroxyl groups is 1. The number of likely N-dealkylation sites (tertiary alicyclic amines) is 1. The fourth-order valence-electron chi connectivity index (χ4n) is 3.10. The molecule has 1 aromatic heterocycles. The van der Waals surface area contributed by atoms with Gasteiger partial charge in [-0.3, -0.25) is 4.98 Å². The standard InChI is InChI=1S/C18H28N2O/c1-16(2)7-10-18(15-21)9-5-12-20(14-18)13-8-17-6-3-4-11-19-17/h3-4,6-7,11,21H,5,8-10,12-15H2,1-2H3/t18-/m0/s1. The smallest absolute Gasteiger partial charge is 0.0502 e. The molecule has 1 atom stereocenters. The quantitative estimate of drug-likeness (QED) is 0.817. The predicted octanol–water partition coefficient (Wildman–Crippen LogP) is 3.05. The molecule has 0 amide bonds. The first kappa shape index (κ1) is 16.2. The monoisotopic (exact) mass is 288 g/mol. The molecule has 0 bridgehead atoms. The van der Waals surface area contributed by atoms with Gasteiger partial charge in [-0.15, -0.1) is 0 Å². The summed E-state index contributed by atoms with van der Waals surface area (Å²) in [6.45, 7) is 7.73. The van der Waals surface area contributed by atoms with Gasteiger partial charge in [-0.1, -0.05) is 17.7 Å². The zero-order valence-electron chi connectivity index (χ0n) is 13.4. The van der Waals surface area contributed by atoms with Gasteiger partial charge in [0.1, 0.15) is 0 Å². The van der Waals surface area contributed by atoms with Gasteiger partial charge in [-0.2, -0.15) is 0 Å². The second-order valence-corrected chi connectivity index (χ2v) is 6.59. The number of hydrogen-bond donors (Lipinski definition) is 1. The minimum absolute atomic E-state index is 0.0552. The van der Waals surface area contributed by atoms with E-state index in [4.69, 9.17) is 0 Å². The van der Waals surface area contributed by atoms with Crippen molar-refractivity contribution in [3.8, 4) is 0 Å². The number of aliphatic hydroxyl groups excluding tert-OH is 1. The molecule has 2 rings (SSSR count). The van der Waals surface area contributed by atoms with Crippen molar-refractivity contribution in [3.63, 3.8) is 0 Å². The maximum atomic E-state index is 9.89. The lowest BCUT2D eigenvalue weighted by Crippen LogP contribution is -2.45. The van der Waals surface area contributed by atoms with Crippen LogP contribution in [0.15, 0.2) is 36.0 Å². The molecule has 1 saturated heterocycles. The first-order chi connectivity index (χ1) is 10.1. The molecule has 116 valence electrons. The highest BCUT2D eigenvalue weighted by Gasteiger charge is 2.33. The molecule has 0 spiro atoms. The zero-order valence-corrected chi connectivity index (χ0v) is 13.4. The minimum Gasteiger partial charge on any atom is -0.396 e. The number of rotatable bonds is 6. The third-order valence-electron chi connectivity index (χ3n) is 4.43. The van der Waals surface area contributed by atoms with E-state index in [1.165, 1.54) is 12.0 Å². The average Bonchev–Trinajstić information content (AvgIpc) is 2.52. The number of pyridine rings is 1. The summed E-state index contributed by atoms with van der Waals surface area (Å²) in [7, 11) is 0. The molecule has 3 nitrogen and oxygen atoms in total. The van der Waals surface area contributed by atoms with Crippen molar-refractivity contribution in [3.05, 3.63) is 41.7 Å². The SMILES string of the molecule is CC(C)=CC[C@@]1(CO)CCCN(CCc2ccccn2)C1. The van der Waals surface area contributed by atoms with Crippen LogP contribution in [0.2, 0.25) is 0 Å². The van der Waals surface area contributed by atoms with Gasteiger partial charge in [-0.25, -0.2) is 0 Å². The summed E-state index contributed by atoms with van der Waals surface area (Å²) in [4.78, 5) is 6.89. The van der Waals surface area contributed by atoms with Crippen LogP contribution in [0.3, 0.4) is 0 Å². The summed E-state index contributed by atoms with van der Waals surface area (Å²) in [5.41, 5.74) is 2.55. The van der Waals surface area contributed by atoms with Crippen LogP contribution >= 0.6 is 0 Å². The molecule has 0 radical (unpaired) electrons. The summed E-state index contributed by atoms with van der Waals surface area (Å²) in [6, 6.07) is 6.10. The van der Waals surface area contributed by atoms with Gasteiger partial charge in [-0.05, 0) is 51.8 Å². The van der Waals surface area contributed by atoms with E-state index in [-0.39, 0.29) is 12.0 Å². The lowest BCUT2D eigenvalue weighted by atomic mass is 9.77. The maximum absolute atomic E-state index is 9.89. The third kappa shape index (κ3) is 4.94. The van der Waals surface area contributed by atoms with Gasteiger partial charge in [0.2, 0.25) is 0 Å². The molecule has 1 fully saturated rings. The third-order valence-corrected chi connectivity index (χ3v) is 4.43. The van der Waals surface area contributed by atoms with Crippen LogP contribution < -0.4 is 0 Å². The van der Waals surface area contributed by atoms with Gasteiger partial charge in [0.05, 0.1) is 6.61 Å². The van der Waals surface area contributed by atoms with Gasteiger partial charge >= 0.3 is 0 Å². The first-order valence-electron chi connectivity index (χ1n) is 8.00. The van der Waals surface area contributed by atoms with Crippen LogP contribution in [0.5, 0.6) is 0 Å². The van der Waals surface area contributed by atoms with Gasteiger partial charge < -0.3 is 10.0 Å².